The van der Waals surface area contributed by atoms with Crippen molar-refractivity contribution in [2.75, 3.05) is 25.5 Å². The van der Waals surface area contributed by atoms with E-state index in [9.17, 15) is 4.79 Å². The Morgan fingerprint density at radius 2 is 1.76 bits per heavy atom. The smallest absolute Gasteiger partial charge is 0.269 e. The molecule has 1 aromatic heterocycles. The van der Waals surface area contributed by atoms with Gasteiger partial charge in [0.2, 0.25) is 0 Å². The number of carbonyl (C=O) groups is 1. The molecule has 0 bridgehead atoms. The van der Waals surface area contributed by atoms with Crippen molar-refractivity contribution in [2.24, 2.45) is 0 Å². The first-order valence-corrected chi connectivity index (χ1v) is 9.90. The second kappa shape index (κ2) is 10.9. The number of hydrogen-bond donors (Lipinski definition) is 2. The largest absolute Gasteiger partial charge is 0.496 e. The lowest BCUT2D eigenvalue weighted by atomic mass is 10.1. The van der Waals surface area contributed by atoms with E-state index in [1.165, 1.54) is 5.56 Å². The van der Waals surface area contributed by atoms with E-state index < -0.39 is 0 Å². The van der Waals surface area contributed by atoms with Crippen LogP contribution in [0, 0.1) is 0 Å². The van der Waals surface area contributed by atoms with Crippen molar-refractivity contribution in [3.8, 4) is 5.75 Å². The summed E-state index contributed by atoms with van der Waals surface area (Å²) in [6, 6.07) is 21.9. The van der Waals surface area contributed by atoms with Gasteiger partial charge < -0.3 is 15.4 Å². The van der Waals surface area contributed by atoms with Crippen molar-refractivity contribution in [1.82, 2.24) is 10.3 Å². The summed E-state index contributed by atoms with van der Waals surface area (Å²) in [7, 11) is 1.65. The Balaban J connectivity index is 1.45. The third-order valence-corrected chi connectivity index (χ3v) is 4.68. The highest BCUT2D eigenvalue weighted by atomic mass is 16.5. The number of pyridine rings is 1. The molecule has 0 radical (unpaired) electrons. The molecule has 0 aliphatic rings. The second-order valence-electron chi connectivity index (χ2n) is 6.76. The van der Waals surface area contributed by atoms with E-state index in [-0.39, 0.29) is 5.91 Å². The number of para-hydroxylation sites is 1. The van der Waals surface area contributed by atoms with Crippen LogP contribution in [-0.2, 0) is 12.8 Å². The molecular weight excluding hydrogens is 362 g/mol. The predicted molar refractivity (Wildman–Crippen MR) is 117 cm³/mol. The number of aromatic nitrogens is 1. The number of carbonyl (C=O) groups excluding carboxylic acids is 1. The zero-order valence-corrected chi connectivity index (χ0v) is 16.7. The van der Waals surface area contributed by atoms with Gasteiger partial charge in [-0.2, -0.15) is 0 Å². The van der Waals surface area contributed by atoms with E-state index >= 15 is 0 Å². The van der Waals surface area contributed by atoms with Crippen molar-refractivity contribution in [2.45, 2.75) is 19.3 Å². The fourth-order valence-electron chi connectivity index (χ4n) is 3.15. The minimum atomic E-state index is -0.173. The molecule has 150 valence electrons. The highest BCUT2D eigenvalue weighted by Gasteiger charge is 2.08. The predicted octanol–water partition coefficient (Wildman–Crippen LogP) is 4.11. The van der Waals surface area contributed by atoms with Crippen LogP contribution in [-0.4, -0.2) is 31.1 Å². The van der Waals surface area contributed by atoms with Gasteiger partial charge in [-0.1, -0.05) is 48.5 Å². The molecule has 0 fully saturated rings. The molecule has 0 saturated heterocycles. The number of methoxy groups -OCH3 is 1. The van der Waals surface area contributed by atoms with Gasteiger partial charge in [-0.05, 0) is 48.6 Å². The Kier molecular flexibility index (Phi) is 7.63. The maximum atomic E-state index is 12.4. The fraction of sp³-hybridized carbons (Fsp3) is 0.250. The van der Waals surface area contributed by atoms with Gasteiger partial charge in [0, 0.05) is 25.0 Å². The van der Waals surface area contributed by atoms with Crippen LogP contribution in [0.1, 0.15) is 28.0 Å². The normalized spacial score (nSPS) is 10.4. The number of rotatable bonds is 10. The number of amides is 1. The first-order chi connectivity index (χ1) is 14.3. The number of aryl methyl sites for hydroxylation is 1. The molecule has 0 saturated carbocycles. The Hall–Kier alpha value is -3.34. The molecular formula is C24H27N3O2. The van der Waals surface area contributed by atoms with E-state index in [1.54, 1.807) is 19.4 Å². The summed E-state index contributed by atoms with van der Waals surface area (Å²) >= 11 is 0. The lowest BCUT2D eigenvalue weighted by Crippen LogP contribution is -2.26. The fourth-order valence-corrected chi connectivity index (χ4v) is 3.15. The number of ether oxygens (including phenoxy) is 1. The zero-order valence-electron chi connectivity index (χ0n) is 16.7. The highest BCUT2D eigenvalue weighted by molar-refractivity contribution is 5.93. The Bertz CT molecular complexity index is 913. The third kappa shape index (κ3) is 6.35. The molecule has 2 N–H and O–H groups in total. The van der Waals surface area contributed by atoms with Gasteiger partial charge in [-0.15, -0.1) is 0 Å². The van der Waals surface area contributed by atoms with Gasteiger partial charge in [0.1, 0.15) is 11.4 Å². The van der Waals surface area contributed by atoms with E-state index in [2.05, 4.69) is 39.9 Å². The topological polar surface area (TPSA) is 63.2 Å². The number of nitrogens with zero attached hydrogens (tertiary/aromatic N) is 1. The molecule has 0 spiro atoms. The minimum Gasteiger partial charge on any atom is -0.496 e. The van der Waals surface area contributed by atoms with Crippen LogP contribution in [0.5, 0.6) is 5.75 Å². The maximum absolute atomic E-state index is 12.4. The molecule has 1 amide bonds. The SMILES string of the molecule is COc1ccccc1CCNC(=O)c1cc(NCCCc2ccccc2)ccn1. The molecule has 3 rings (SSSR count). The van der Waals surface area contributed by atoms with Crippen LogP contribution in [0.15, 0.2) is 72.9 Å². The molecule has 29 heavy (non-hydrogen) atoms. The summed E-state index contributed by atoms with van der Waals surface area (Å²) in [6.45, 7) is 1.36. The van der Waals surface area contributed by atoms with E-state index in [1.807, 2.05) is 36.4 Å². The number of hydrogen-bond acceptors (Lipinski definition) is 4. The first-order valence-electron chi connectivity index (χ1n) is 9.90. The van der Waals surface area contributed by atoms with Gasteiger partial charge in [0.05, 0.1) is 7.11 Å². The Morgan fingerprint density at radius 3 is 2.59 bits per heavy atom. The number of nitrogens with one attached hydrogen (secondary N) is 2. The van der Waals surface area contributed by atoms with Crippen molar-refractivity contribution in [3.05, 3.63) is 89.7 Å². The second-order valence-corrected chi connectivity index (χ2v) is 6.76. The molecule has 5 nitrogen and oxygen atoms in total. The summed E-state index contributed by atoms with van der Waals surface area (Å²) < 4.78 is 5.34. The first kappa shape index (κ1) is 20.4. The third-order valence-electron chi connectivity index (χ3n) is 4.68. The zero-order chi connectivity index (χ0) is 20.3. The molecule has 0 aliphatic heterocycles. The lowest BCUT2D eigenvalue weighted by molar-refractivity contribution is 0.0949. The van der Waals surface area contributed by atoms with E-state index in [0.717, 1.165) is 36.4 Å². The summed E-state index contributed by atoms with van der Waals surface area (Å²) in [5, 5.41) is 6.30. The van der Waals surface area contributed by atoms with Crippen LogP contribution >= 0.6 is 0 Å². The van der Waals surface area contributed by atoms with Crippen LogP contribution in [0.4, 0.5) is 5.69 Å². The molecule has 0 atom stereocenters. The van der Waals surface area contributed by atoms with Crippen molar-refractivity contribution >= 4 is 11.6 Å². The monoisotopic (exact) mass is 389 g/mol. The van der Waals surface area contributed by atoms with Gasteiger partial charge >= 0.3 is 0 Å². The molecule has 5 heteroatoms. The molecule has 1 heterocycles. The van der Waals surface area contributed by atoms with Gasteiger partial charge in [-0.25, -0.2) is 0 Å². The van der Waals surface area contributed by atoms with Crippen LogP contribution in [0.3, 0.4) is 0 Å². The Labute approximate surface area is 172 Å². The maximum Gasteiger partial charge on any atom is 0.269 e. The summed E-state index contributed by atoms with van der Waals surface area (Å²) in [5.74, 6) is 0.661. The van der Waals surface area contributed by atoms with Gasteiger partial charge in [-0.3, -0.25) is 9.78 Å². The van der Waals surface area contributed by atoms with Gasteiger partial charge in [0.15, 0.2) is 0 Å². The highest BCUT2D eigenvalue weighted by Crippen LogP contribution is 2.17. The number of benzene rings is 2. The average Bonchev–Trinajstić information content (AvgIpc) is 2.78. The summed E-state index contributed by atoms with van der Waals surface area (Å²) in [6.07, 6.45) is 4.41. The quantitative estimate of drug-likeness (QED) is 0.512. The summed E-state index contributed by atoms with van der Waals surface area (Å²) in [5.41, 5.74) is 3.72. The van der Waals surface area contributed by atoms with Crippen LogP contribution in [0.2, 0.25) is 0 Å². The van der Waals surface area contributed by atoms with Crippen LogP contribution in [0.25, 0.3) is 0 Å². The lowest BCUT2D eigenvalue weighted by Gasteiger charge is -2.10. The molecule has 2 aromatic carbocycles. The average molecular weight is 389 g/mol. The van der Waals surface area contributed by atoms with E-state index in [0.29, 0.717) is 18.7 Å². The van der Waals surface area contributed by atoms with Crippen molar-refractivity contribution in [3.63, 3.8) is 0 Å². The Morgan fingerprint density at radius 1 is 0.966 bits per heavy atom. The van der Waals surface area contributed by atoms with Crippen LogP contribution < -0.4 is 15.4 Å². The molecule has 0 unspecified atom stereocenters. The molecule has 3 aromatic rings. The van der Waals surface area contributed by atoms with E-state index in [4.69, 9.17) is 4.74 Å². The van der Waals surface area contributed by atoms with Crippen molar-refractivity contribution in [1.29, 1.82) is 0 Å². The standard InChI is InChI=1S/C24H27N3O2/c1-29-23-12-6-5-11-20(23)13-16-27-24(28)22-18-21(14-17-26-22)25-15-7-10-19-8-3-2-4-9-19/h2-6,8-9,11-12,14,17-18H,7,10,13,15-16H2,1H3,(H,25,26)(H,27,28). The van der Waals surface area contributed by atoms with Gasteiger partial charge in [0.25, 0.3) is 5.91 Å². The molecule has 0 aliphatic carbocycles. The summed E-state index contributed by atoms with van der Waals surface area (Å²) in [4.78, 5) is 16.6. The number of anilines is 1. The van der Waals surface area contributed by atoms with Crippen molar-refractivity contribution < 1.29 is 9.53 Å². The minimum absolute atomic E-state index is 0.173.